The zero-order chi connectivity index (χ0) is 22.4. The van der Waals surface area contributed by atoms with Gasteiger partial charge in [0.15, 0.2) is 0 Å². The number of likely N-dealkylation sites (tertiary alicyclic amines) is 1. The molecule has 0 spiro atoms. The monoisotopic (exact) mass is 446 g/mol. The van der Waals surface area contributed by atoms with E-state index in [-0.39, 0.29) is 24.3 Å². The lowest BCUT2D eigenvalue weighted by Crippen LogP contribution is -2.41. The van der Waals surface area contributed by atoms with Gasteiger partial charge in [0.25, 0.3) is 0 Å². The van der Waals surface area contributed by atoms with Gasteiger partial charge in [-0.25, -0.2) is 4.98 Å². The lowest BCUT2D eigenvalue weighted by atomic mass is 9.96. The number of benzene rings is 1. The number of amides is 2. The molecule has 0 atom stereocenters. The summed E-state index contributed by atoms with van der Waals surface area (Å²) in [4.78, 5) is 31.3. The quantitative estimate of drug-likeness (QED) is 0.677. The van der Waals surface area contributed by atoms with Crippen molar-refractivity contribution in [3.8, 4) is 11.5 Å². The Labute approximate surface area is 186 Å². The van der Waals surface area contributed by atoms with Gasteiger partial charge in [-0.2, -0.15) is 0 Å². The van der Waals surface area contributed by atoms with Crippen molar-refractivity contribution in [1.29, 1.82) is 0 Å². The minimum Gasteiger partial charge on any atom is -0.495 e. The van der Waals surface area contributed by atoms with Gasteiger partial charge in [0.05, 0.1) is 31.5 Å². The number of anilines is 2. The van der Waals surface area contributed by atoms with E-state index in [9.17, 15) is 9.59 Å². The molecule has 1 fully saturated rings. The topological polar surface area (TPSA) is 92.8 Å². The van der Waals surface area contributed by atoms with Crippen molar-refractivity contribution < 1.29 is 19.1 Å². The number of hydrogen-bond donors (Lipinski definition) is 2. The molecule has 9 heteroatoms. The molecular weight excluding hydrogens is 420 g/mol. The van der Waals surface area contributed by atoms with E-state index in [1.165, 1.54) is 14.2 Å². The molecule has 0 bridgehead atoms. The van der Waals surface area contributed by atoms with Gasteiger partial charge in [-0.3, -0.25) is 14.5 Å². The fraction of sp³-hybridized carbons (Fsp3) is 0.409. The van der Waals surface area contributed by atoms with Crippen LogP contribution < -0.4 is 20.1 Å². The maximum Gasteiger partial charge on any atom is 0.238 e. The van der Waals surface area contributed by atoms with Gasteiger partial charge in [-0.1, -0.05) is 17.7 Å². The van der Waals surface area contributed by atoms with Crippen LogP contribution in [-0.2, 0) is 9.59 Å². The number of aromatic nitrogens is 1. The van der Waals surface area contributed by atoms with Gasteiger partial charge in [0.1, 0.15) is 17.3 Å². The first-order chi connectivity index (χ1) is 14.9. The summed E-state index contributed by atoms with van der Waals surface area (Å²) < 4.78 is 10.5. The minimum absolute atomic E-state index is 0.0296. The number of halogens is 1. The highest BCUT2D eigenvalue weighted by molar-refractivity contribution is 6.32. The maximum absolute atomic E-state index is 12.5. The lowest BCUT2D eigenvalue weighted by Gasteiger charge is -2.30. The fourth-order valence-corrected chi connectivity index (χ4v) is 3.71. The van der Waals surface area contributed by atoms with Crippen LogP contribution in [0.25, 0.3) is 0 Å². The molecule has 2 aromatic rings. The standard InChI is InChI=1S/C22H27ClN4O4/c1-14-4-5-20(24-12-14)26-22(29)15-6-8-27(9-7-15)13-21(28)25-17-10-16(23)18(30-2)11-19(17)31-3/h4-5,10-12,15H,6-9,13H2,1-3H3,(H,25,28)(H,24,26,29). The number of carbonyl (C=O) groups excluding carboxylic acids is 2. The summed E-state index contributed by atoms with van der Waals surface area (Å²) in [6, 6.07) is 6.94. The van der Waals surface area contributed by atoms with Gasteiger partial charge in [0, 0.05) is 18.2 Å². The van der Waals surface area contributed by atoms with Crippen molar-refractivity contribution in [2.24, 2.45) is 5.92 Å². The van der Waals surface area contributed by atoms with Crippen molar-refractivity contribution >= 4 is 34.9 Å². The molecule has 2 N–H and O–H groups in total. The van der Waals surface area contributed by atoms with Crippen LogP contribution in [0, 0.1) is 12.8 Å². The number of rotatable bonds is 7. The highest BCUT2D eigenvalue weighted by Gasteiger charge is 2.26. The summed E-state index contributed by atoms with van der Waals surface area (Å²) in [6.45, 7) is 3.49. The van der Waals surface area contributed by atoms with E-state index in [1.54, 1.807) is 24.4 Å². The second-order valence-corrected chi connectivity index (χ2v) is 7.90. The van der Waals surface area contributed by atoms with E-state index < -0.39 is 0 Å². The maximum atomic E-state index is 12.5. The predicted molar refractivity (Wildman–Crippen MR) is 120 cm³/mol. The molecule has 1 aromatic carbocycles. The Balaban J connectivity index is 1.49. The minimum atomic E-state index is -0.175. The number of aryl methyl sites for hydroxylation is 1. The molecular formula is C22H27ClN4O4. The number of nitrogens with zero attached hydrogens (tertiary/aromatic N) is 2. The Morgan fingerprint density at radius 1 is 1.13 bits per heavy atom. The van der Waals surface area contributed by atoms with E-state index in [2.05, 4.69) is 15.6 Å². The van der Waals surface area contributed by atoms with Crippen LogP contribution in [0.3, 0.4) is 0 Å². The smallest absolute Gasteiger partial charge is 0.238 e. The molecule has 0 saturated carbocycles. The highest BCUT2D eigenvalue weighted by Crippen LogP contribution is 2.35. The summed E-state index contributed by atoms with van der Waals surface area (Å²) in [6.07, 6.45) is 3.09. The van der Waals surface area contributed by atoms with Gasteiger partial charge in [-0.05, 0) is 50.6 Å². The Kier molecular flexibility index (Phi) is 7.70. The van der Waals surface area contributed by atoms with E-state index >= 15 is 0 Å². The molecule has 31 heavy (non-hydrogen) atoms. The van der Waals surface area contributed by atoms with Crippen LogP contribution in [0.2, 0.25) is 5.02 Å². The number of methoxy groups -OCH3 is 2. The molecule has 0 aliphatic carbocycles. The molecule has 2 heterocycles. The van der Waals surface area contributed by atoms with E-state index in [4.69, 9.17) is 21.1 Å². The first kappa shape index (κ1) is 22.8. The average Bonchev–Trinajstić information content (AvgIpc) is 2.76. The van der Waals surface area contributed by atoms with Crippen molar-refractivity contribution in [1.82, 2.24) is 9.88 Å². The SMILES string of the molecule is COc1cc(OC)c(NC(=O)CN2CCC(C(=O)Nc3ccc(C)cn3)CC2)cc1Cl. The van der Waals surface area contributed by atoms with Crippen molar-refractivity contribution in [3.63, 3.8) is 0 Å². The van der Waals surface area contributed by atoms with Crippen molar-refractivity contribution in [2.45, 2.75) is 19.8 Å². The molecule has 2 amide bonds. The van der Waals surface area contributed by atoms with Crippen LogP contribution in [-0.4, -0.2) is 55.6 Å². The summed E-state index contributed by atoms with van der Waals surface area (Å²) in [5.74, 6) is 1.20. The van der Waals surface area contributed by atoms with Crippen LogP contribution in [0.15, 0.2) is 30.5 Å². The van der Waals surface area contributed by atoms with Gasteiger partial charge < -0.3 is 20.1 Å². The number of pyridine rings is 1. The number of nitrogens with one attached hydrogen (secondary N) is 2. The van der Waals surface area contributed by atoms with E-state index in [1.807, 2.05) is 17.9 Å². The first-order valence-corrected chi connectivity index (χ1v) is 10.4. The number of piperidine rings is 1. The summed E-state index contributed by atoms with van der Waals surface area (Å²) in [7, 11) is 3.03. The van der Waals surface area contributed by atoms with Crippen LogP contribution in [0.1, 0.15) is 18.4 Å². The molecule has 0 radical (unpaired) electrons. The second-order valence-electron chi connectivity index (χ2n) is 7.50. The third kappa shape index (κ3) is 6.08. The molecule has 3 rings (SSSR count). The first-order valence-electron chi connectivity index (χ1n) is 10.1. The van der Waals surface area contributed by atoms with Crippen LogP contribution in [0.4, 0.5) is 11.5 Å². The molecule has 1 aromatic heterocycles. The van der Waals surface area contributed by atoms with Crippen molar-refractivity contribution in [2.75, 3.05) is 44.5 Å². The summed E-state index contributed by atoms with van der Waals surface area (Å²) in [5.41, 5.74) is 1.53. The normalized spacial score (nSPS) is 14.7. The number of carbonyl (C=O) groups is 2. The molecule has 1 saturated heterocycles. The predicted octanol–water partition coefficient (Wildman–Crippen LogP) is 3.35. The van der Waals surface area contributed by atoms with Crippen LogP contribution >= 0.6 is 11.6 Å². The zero-order valence-electron chi connectivity index (χ0n) is 17.9. The molecule has 1 aliphatic heterocycles. The Bertz CT molecular complexity index is 928. The van der Waals surface area contributed by atoms with Gasteiger partial charge in [-0.15, -0.1) is 0 Å². The molecule has 8 nitrogen and oxygen atoms in total. The largest absolute Gasteiger partial charge is 0.495 e. The molecule has 166 valence electrons. The van der Waals surface area contributed by atoms with Gasteiger partial charge >= 0.3 is 0 Å². The number of ether oxygens (including phenoxy) is 2. The average molecular weight is 447 g/mol. The van der Waals surface area contributed by atoms with E-state index in [0.29, 0.717) is 54.0 Å². The Morgan fingerprint density at radius 3 is 2.45 bits per heavy atom. The second kappa shape index (κ2) is 10.5. The van der Waals surface area contributed by atoms with Gasteiger partial charge in [0.2, 0.25) is 11.8 Å². The highest BCUT2D eigenvalue weighted by atomic mass is 35.5. The Morgan fingerprint density at radius 2 is 1.84 bits per heavy atom. The third-order valence-electron chi connectivity index (χ3n) is 5.24. The lowest BCUT2D eigenvalue weighted by molar-refractivity contribution is -0.121. The fourth-order valence-electron chi connectivity index (χ4n) is 3.47. The number of hydrogen-bond acceptors (Lipinski definition) is 6. The van der Waals surface area contributed by atoms with Crippen molar-refractivity contribution in [3.05, 3.63) is 41.0 Å². The summed E-state index contributed by atoms with van der Waals surface area (Å²) >= 11 is 6.16. The van der Waals surface area contributed by atoms with E-state index in [0.717, 1.165) is 5.56 Å². The zero-order valence-corrected chi connectivity index (χ0v) is 18.7. The Hall–Kier alpha value is -2.84. The van der Waals surface area contributed by atoms with Crippen LogP contribution in [0.5, 0.6) is 11.5 Å². The molecule has 0 unspecified atom stereocenters. The summed E-state index contributed by atoms with van der Waals surface area (Å²) in [5, 5.41) is 6.09. The molecule has 1 aliphatic rings. The third-order valence-corrected chi connectivity index (χ3v) is 5.53.